The second-order valence-electron chi connectivity index (χ2n) is 4.53. The van der Waals surface area contributed by atoms with Crippen molar-refractivity contribution in [2.45, 2.75) is 0 Å². The average molecular weight is 314 g/mol. The maximum Gasteiger partial charge on any atom is 0.106 e. The quantitative estimate of drug-likeness (QED) is 0.709. The lowest BCUT2D eigenvalue weighted by Gasteiger charge is -2.13. The summed E-state index contributed by atoms with van der Waals surface area (Å²) >= 11 is 11.3. The van der Waals surface area contributed by atoms with Gasteiger partial charge in [-0.15, -0.1) is 0 Å². The summed E-state index contributed by atoms with van der Waals surface area (Å²) in [6, 6.07) is 15.2. The van der Waals surface area contributed by atoms with Gasteiger partial charge >= 0.3 is 0 Å². The van der Waals surface area contributed by atoms with Crippen LogP contribution in [0.2, 0.25) is 5.02 Å². The zero-order valence-electron chi connectivity index (χ0n) is 11.0. The molecule has 0 fully saturated rings. The van der Waals surface area contributed by atoms with Gasteiger partial charge in [-0.25, -0.2) is 0 Å². The van der Waals surface area contributed by atoms with Crippen LogP contribution in [0, 0.1) is 0 Å². The van der Waals surface area contributed by atoms with Crippen molar-refractivity contribution >= 4 is 51.1 Å². The van der Waals surface area contributed by atoms with Crippen LogP contribution in [0.15, 0.2) is 54.7 Å². The number of hydrogen-bond acceptors (Lipinski definition) is 3. The van der Waals surface area contributed by atoms with Crippen molar-refractivity contribution in [3.8, 4) is 0 Å². The van der Waals surface area contributed by atoms with Gasteiger partial charge in [0.15, 0.2) is 0 Å². The van der Waals surface area contributed by atoms with Gasteiger partial charge in [0.25, 0.3) is 0 Å². The van der Waals surface area contributed by atoms with Crippen LogP contribution in [0.4, 0.5) is 11.4 Å². The fourth-order valence-electron chi connectivity index (χ4n) is 2.19. The molecule has 0 aliphatic heterocycles. The van der Waals surface area contributed by atoms with Crippen LogP contribution in [0.25, 0.3) is 10.9 Å². The van der Waals surface area contributed by atoms with Crippen molar-refractivity contribution in [3.63, 3.8) is 0 Å². The summed E-state index contributed by atoms with van der Waals surface area (Å²) in [6.07, 6.45) is 1.74. The molecule has 0 aliphatic carbocycles. The van der Waals surface area contributed by atoms with Crippen LogP contribution in [0.5, 0.6) is 0 Å². The van der Waals surface area contributed by atoms with Crippen molar-refractivity contribution < 1.29 is 0 Å². The summed E-state index contributed by atoms with van der Waals surface area (Å²) < 4.78 is 0. The Morgan fingerprint density at radius 2 is 1.86 bits per heavy atom. The standard InChI is InChI=1S/C16H12ClN3S/c17-12-7-8-14(15-10(12)5-3-9-19-15)20-13-6-2-1-4-11(13)16(18)21/h1-9,20H,(H2,18,21). The number of anilines is 2. The van der Waals surface area contributed by atoms with E-state index in [0.717, 1.165) is 27.8 Å². The van der Waals surface area contributed by atoms with Crippen LogP contribution in [-0.2, 0) is 0 Å². The molecule has 1 aromatic heterocycles. The van der Waals surface area contributed by atoms with E-state index >= 15 is 0 Å². The molecule has 3 N–H and O–H groups in total. The zero-order valence-corrected chi connectivity index (χ0v) is 12.6. The monoisotopic (exact) mass is 313 g/mol. The number of aromatic nitrogens is 1. The minimum atomic E-state index is 0.351. The third-order valence-electron chi connectivity index (χ3n) is 3.18. The van der Waals surface area contributed by atoms with E-state index in [1.54, 1.807) is 6.20 Å². The number of hydrogen-bond donors (Lipinski definition) is 2. The molecule has 3 nitrogen and oxygen atoms in total. The van der Waals surface area contributed by atoms with Crippen LogP contribution >= 0.6 is 23.8 Å². The summed E-state index contributed by atoms with van der Waals surface area (Å²) in [5.74, 6) is 0. The lowest BCUT2D eigenvalue weighted by molar-refractivity contribution is 1.40. The van der Waals surface area contributed by atoms with Crippen LogP contribution in [0.1, 0.15) is 5.56 Å². The van der Waals surface area contributed by atoms with Crippen LogP contribution in [0.3, 0.4) is 0 Å². The molecule has 2 aromatic carbocycles. The molecule has 0 spiro atoms. The summed E-state index contributed by atoms with van der Waals surface area (Å²) in [4.78, 5) is 4.75. The Bertz CT molecular complexity index is 833. The molecule has 0 atom stereocenters. The second-order valence-corrected chi connectivity index (χ2v) is 5.38. The molecule has 0 saturated heterocycles. The third-order valence-corrected chi connectivity index (χ3v) is 3.73. The number of nitrogens with zero attached hydrogens (tertiary/aromatic N) is 1. The van der Waals surface area contributed by atoms with E-state index in [9.17, 15) is 0 Å². The van der Waals surface area contributed by atoms with Gasteiger partial charge in [-0.2, -0.15) is 0 Å². The van der Waals surface area contributed by atoms with E-state index in [4.69, 9.17) is 29.6 Å². The molecule has 104 valence electrons. The van der Waals surface area contributed by atoms with E-state index in [1.165, 1.54) is 0 Å². The van der Waals surface area contributed by atoms with Gasteiger partial charge in [0, 0.05) is 22.8 Å². The first kappa shape index (κ1) is 13.8. The van der Waals surface area contributed by atoms with Gasteiger partial charge in [-0.3, -0.25) is 4.98 Å². The fraction of sp³-hybridized carbons (Fsp3) is 0. The van der Waals surface area contributed by atoms with Crippen molar-refractivity contribution in [2.24, 2.45) is 5.73 Å². The SMILES string of the molecule is NC(=S)c1ccccc1Nc1ccc(Cl)c2cccnc12. The molecule has 0 unspecified atom stereocenters. The summed E-state index contributed by atoms with van der Waals surface area (Å²) in [6.45, 7) is 0. The Hall–Kier alpha value is -2.17. The zero-order chi connectivity index (χ0) is 14.8. The molecule has 0 radical (unpaired) electrons. The average Bonchev–Trinajstić information content (AvgIpc) is 2.51. The molecular weight excluding hydrogens is 302 g/mol. The maximum atomic E-state index is 6.21. The lowest BCUT2D eigenvalue weighted by Crippen LogP contribution is -2.11. The van der Waals surface area contributed by atoms with Crippen molar-refractivity contribution in [1.29, 1.82) is 0 Å². The molecule has 0 aliphatic rings. The largest absolute Gasteiger partial charge is 0.389 e. The molecule has 3 rings (SSSR count). The molecule has 21 heavy (non-hydrogen) atoms. The first-order valence-corrected chi connectivity index (χ1v) is 7.14. The van der Waals surface area contributed by atoms with Gasteiger partial charge in [-0.1, -0.05) is 36.0 Å². The maximum absolute atomic E-state index is 6.21. The van der Waals surface area contributed by atoms with Gasteiger partial charge < -0.3 is 11.1 Å². The van der Waals surface area contributed by atoms with E-state index in [2.05, 4.69) is 10.3 Å². The highest BCUT2D eigenvalue weighted by Gasteiger charge is 2.09. The predicted octanol–water partition coefficient (Wildman–Crippen LogP) is 4.27. The number of nitrogens with two attached hydrogens (primary N) is 1. The van der Waals surface area contributed by atoms with E-state index in [-0.39, 0.29) is 0 Å². The Labute approximate surface area is 132 Å². The van der Waals surface area contributed by atoms with E-state index in [1.807, 2.05) is 48.5 Å². The number of fused-ring (bicyclic) bond motifs is 1. The Morgan fingerprint density at radius 1 is 1.05 bits per heavy atom. The normalized spacial score (nSPS) is 10.5. The number of nitrogens with one attached hydrogen (secondary N) is 1. The second kappa shape index (κ2) is 5.68. The van der Waals surface area contributed by atoms with Crippen LogP contribution < -0.4 is 11.1 Å². The first-order chi connectivity index (χ1) is 10.2. The van der Waals surface area contributed by atoms with E-state index in [0.29, 0.717) is 10.0 Å². The molecule has 5 heteroatoms. The smallest absolute Gasteiger partial charge is 0.106 e. The van der Waals surface area contributed by atoms with Crippen molar-refractivity contribution in [1.82, 2.24) is 4.98 Å². The Balaban J connectivity index is 2.11. The summed E-state index contributed by atoms with van der Waals surface area (Å²) in [5.41, 5.74) is 9.07. The van der Waals surface area contributed by atoms with Gasteiger partial charge in [-0.05, 0) is 36.4 Å². The fourth-order valence-corrected chi connectivity index (χ4v) is 2.58. The van der Waals surface area contributed by atoms with Crippen LogP contribution in [-0.4, -0.2) is 9.97 Å². The van der Waals surface area contributed by atoms with Gasteiger partial charge in [0.2, 0.25) is 0 Å². The minimum Gasteiger partial charge on any atom is -0.389 e. The summed E-state index contributed by atoms with van der Waals surface area (Å²) in [5, 5.41) is 4.91. The lowest BCUT2D eigenvalue weighted by atomic mass is 10.1. The molecule has 3 aromatic rings. The minimum absolute atomic E-state index is 0.351. The highest BCUT2D eigenvalue weighted by Crippen LogP contribution is 2.30. The number of benzene rings is 2. The Morgan fingerprint density at radius 3 is 2.67 bits per heavy atom. The molecular formula is C16H12ClN3S. The van der Waals surface area contributed by atoms with Gasteiger partial charge in [0.1, 0.15) is 4.99 Å². The van der Waals surface area contributed by atoms with Crippen molar-refractivity contribution in [2.75, 3.05) is 5.32 Å². The van der Waals surface area contributed by atoms with Crippen molar-refractivity contribution in [3.05, 3.63) is 65.3 Å². The third kappa shape index (κ3) is 2.68. The number of para-hydroxylation sites is 1. The summed E-state index contributed by atoms with van der Waals surface area (Å²) in [7, 11) is 0. The molecule has 0 saturated carbocycles. The van der Waals surface area contributed by atoms with E-state index < -0.39 is 0 Å². The number of pyridine rings is 1. The molecule has 0 bridgehead atoms. The molecule has 0 amide bonds. The highest BCUT2D eigenvalue weighted by molar-refractivity contribution is 7.80. The highest BCUT2D eigenvalue weighted by atomic mass is 35.5. The Kier molecular flexibility index (Phi) is 3.73. The van der Waals surface area contributed by atoms with Gasteiger partial charge in [0.05, 0.1) is 16.2 Å². The topological polar surface area (TPSA) is 50.9 Å². The number of rotatable bonds is 3. The first-order valence-electron chi connectivity index (χ1n) is 6.36. The number of halogens is 1. The molecule has 1 heterocycles. The predicted molar refractivity (Wildman–Crippen MR) is 92.4 cm³/mol. The number of thiocarbonyl (C=S) groups is 1.